The zero-order valence-corrected chi connectivity index (χ0v) is 15.2. The van der Waals surface area contributed by atoms with Gasteiger partial charge in [-0.1, -0.05) is 49.7 Å². The highest BCUT2D eigenvalue weighted by atomic mass is 79.9. The molecule has 0 amide bonds. The highest BCUT2D eigenvalue weighted by Gasteiger charge is 2.23. The SMILES string of the molecule is CC(C)C(CNC1CCCOc2cc(Br)ccc21)C(C)C. The Morgan fingerprint density at radius 1 is 1.24 bits per heavy atom. The molecular formula is C18H28BrNO. The van der Waals surface area contributed by atoms with Crippen LogP contribution in [0, 0.1) is 17.8 Å². The van der Waals surface area contributed by atoms with Gasteiger partial charge in [0.2, 0.25) is 0 Å². The summed E-state index contributed by atoms with van der Waals surface area (Å²) < 4.78 is 6.98. The zero-order chi connectivity index (χ0) is 15.4. The Morgan fingerprint density at radius 3 is 2.62 bits per heavy atom. The van der Waals surface area contributed by atoms with Crippen LogP contribution in [-0.2, 0) is 0 Å². The average Bonchev–Trinajstić information content (AvgIpc) is 2.60. The Labute approximate surface area is 137 Å². The Hall–Kier alpha value is -0.540. The molecule has 1 aromatic rings. The van der Waals surface area contributed by atoms with Crippen LogP contribution in [0.3, 0.4) is 0 Å². The summed E-state index contributed by atoms with van der Waals surface area (Å²) in [7, 11) is 0. The number of ether oxygens (including phenoxy) is 1. The zero-order valence-electron chi connectivity index (χ0n) is 13.7. The van der Waals surface area contributed by atoms with Gasteiger partial charge in [-0.15, -0.1) is 0 Å². The van der Waals surface area contributed by atoms with E-state index in [1.807, 2.05) is 0 Å². The second kappa shape index (κ2) is 7.64. The van der Waals surface area contributed by atoms with Crippen molar-refractivity contribution in [2.24, 2.45) is 17.8 Å². The molecule has 0 spiro atoms. The van der Waals surface area contributed by atoms with Crippen molar-refractivity contribution in [1.82, 2.24) is 5.32 Å². The molecule has 0 aromatic heterocycles. The molecule has 0 bridgehead atoms. The minimum absolute atomic E-state index is 0.413. The van der Waals surface area contributed by atoms with Gasteiger partial charge in [0.15, 0.2) is 0 Å². The molecule has 1 unspecified atom stereocenters. The van der Waals surface area contributed by atoms with E-state index in [0.29, 0.717) is 23.8 Å². The molecule has 21 heavy (non-hydrogen) atoms. The van der Waals surface area contributed by atoms with Crippen molar-refractivity contribution in [2.45, 2.75) is 46.6 Å². The Morgan fingerprint density at radius 2 is 1.95 bits per heavy atom. The van der Waals surface area contributed by atoms with Gasteiger partial charge in [0.25, 0.3) is 0 Å². The van der Waals surface area contributed by atoms with Crippen molar-refractivity contribution in [2.75, 3.05) is 13.2 Å². The molecule has 1 aliphatic rings. The quantitative estimate of drug-likeness (QED) is 0.787. The summed E-state index contributed by atoms with van der Waals surface area (Å²) in [6.45, 7) is 11.2. The molecule has 3 heteroatoms. The molecule has 2 rings (SSSR count). The van der Waals surface area contributed by atoms with Crippen LogP contribution >= 0.6 is 15.9 Å². The minimum atomic E-state index is 0.413. The van der Waals surface area contributed by atoms with Crippen LogP contribution in [0.4, 0.5) is 0 Å². The molecule has 1 heterocycles. The second-order valence-electron chi connectivity index (χ2n) is 6.79. The minimum Gasteiger partial charge on any atom is -0.493 e. The maximum atomic E-state index is 5.89. The summed E-state index contributed by atoms with van der Waals surface area (Å²) in [5.74, 6) is 3.17. The lowest BCUT2D eigenvalue weighted by Crippen LogP contribution is -2.32. The van der Waals surface area contributed by atoms with Crippen molar-refractivity contribution in [1.29, 1.82) is 0 Å². The van der Waals surface area contributed by atoms with E-state index in [1.165, 1.54) is 5.56 Å². The van der Waals surface area contributed by atoms with Gasteiger partial charge in [-0.25, -0.2) is 0 Å². The molecule has 118 valence electrons. The molecule has 0 saturated carbocycles. The largest absolute Gasteiger partial charge is 0.493 e. The van der Waals surface area contributed by atoms with E-state index in [-0.39, 0.29) is 0 Å². The molecule has 2 nitrogen and oxygen atoms in total. The lowest BCUT2D eigenvalue weighted by molar-refractivity contribution is 0.262. The van der Waals surface area contributed by atoms with E-state index >= 15 is 0 Å². The second-order valence-corrected chi connectivity index (χ2v) is 7.70. The fourth-order valence-corrected chi connectivity index (χ4v) is 3.62. The van der Waals surface area contributed by atoms with Crippen molar-refractivity contribution in [3.63, 3.8) is 0 Å². The van der Waals surface area contributed by atoms with Crippen LogP contribution in [0.5, 0.6) is 5.75 Å². The predicted molar refractivity (Wildman–Crippen MR) is 92.8 cm³/mol. The highest BCUT2D eigenvalue weighted by molar-refractivity contribution is 9.10. The monoisotopic (exact) mass is 353 g/mol. The molecule has 1 atom stereocenters. The molecule has 0 saturated heterocycles. The molecule has 0 fully saturated rings. The number of halogens is 1. The first-order valence-electron chi connectivity index (χ1n) is 8.14. The maximum absolute atomic E-state index is 5.89. The van der Waals surface area contributed by atoms with Crippen molar-refractivity contribution >= 4 is 15.9 Å². The van der Waals surface area contributed by atoms with E-state index < -0.39 is 0 Å². The summed E-state index contributed by atoms with van der Waals surface area (Å²) in [6.07, 6.45) is 2.26. The third-order valence-corrected chi connectivity index (χ3v) is 5.05. The van der Waals surface area contributed by atoms with Crippen LogP contribution in [0.25, 0.3) is 0 Å². The van der Waals surface area contributed by atoms with Crippen LogP contribution in [0.1, 0.15) is 52.1 Å². The van der Waals surface area contributed by atoms with Crippen molar-refractivity contribution in [3.8, 4) is 5.75 Å². The third-order valence-electron chi connectivity index (χ3n) is 4.56. The van der Waals surface area contributed by atoms with E-state index in [9.17, 15) is 0 Å². The van der Waals surface area contributed by atoms with Crippen LogP contribution < -0.4 is 10.1 Å². The van der Waals surface area contributed by atoms with Crippen LogP contribution in [0.2, 0.25) is 0 Å². The lowest BCUT2D eigenvalue weighted by Gasteiger charge is -2.28. The summed E-state index contributed by atoms with van der Waals surface area (Å²) in [5, 5.41) is 3.80. The summed E-state index contributed by atoms with van der Waals surface area (Å²) >= 11 is 3.54. The molecule has 1 aromatic carbocycles. The van der Waals surface area contributed by atoms with Gasteiger partial charge >= 0.3 is 0 Å². The number of rotatable bonds is 5. The van der Waals surface area contributed by atoms with Gasteiger partial charge in [0.1, 0.15) is 5.75 Å². The first-order chi connectivity index (χ1) is 9.99. The summed E-state index contributed by atoms with van der Waals surface area (Å²) in [6, 6.07) is 6.82. The van der Waals surface area contributed by atoms with Gasteiger partial charge < -0.3 is 10.1 Å². The summed E-state index contributed by atoms with van der Waals surface area (Å²) in [4.78, 5) is 0. The molecular weight excluding hydrogens is 326 g/mol. The van der Waals surface area contributed by atoms with Crippen molar-refractivity contribution < 1.29 is 4.74 Å². The van der Waals surface area contributed by atoms with E-state index in [1.54, 1.807) is 0 Å². The number of hydrogen-bond donors (Lipinski definition) is 1. The van der Waals surface area contributed by atoms with Gasteiger partial charge in [0.05, 0.1) is 6.61 Å². The maximum Gasteiger partial charge on any atom is 0.125 e. The van der Waals surface area contributed by atoms with Crippen LogP contribution in [-0.4, -0.2) is 13.2 Å². The standard InChI is InChI=1S/C18H28BrNO/c1-12(2)16(13(3)4)11-20-17-6-5-9-21-18-10-14(19)7-8-15(17)18/h7-8,10,12-13,16-17,20H,5-6,9,11H2,1-4H3. The van der Waals surface area contributed by atoms with Gasteiger partial charge in [0, 0.05) is 16.1 Å². The summed E-state index contributed by atoms with van der Waals surface area (Å²) in [5.41, 5.74) is 1.31. The van der Waals surface area contributed by atoms with E-state index in [0.717, 1.165) is 36.2 Å². The topological polar surface area (TPSA) is 21.3 Å². The van der Waals surface area contributed by atoms with E-state index in [4.69, 9.17) is 4.74 Å². The molecule has 0 aliphatic carbocycles. The fraction of sp³-hybridized carbons (Fsp3) is 0.667. The van der Waals surface area contributed by atoms with Crippen LogP contribution in [0.15, 0.2) is 22.7 Å². The smallest absolute Gasteiger partial charge is 0.125 e. The van der Waals surface area contributed by atoms with Crippen molar-refractivity contribution in [3.05, 3.63) is 28.2 Å². The fourth-order valence-electron chi connectivity index (χ4n) is 3.28. The lowest BCUT2D eigenvalue weighted by atomic mass is 9.85. The highest BCUT2D eigenvalue weighted by Crippen LogP contribution is 2.34. The Kier molecular flexibility index (Phi) is 6.12. The molecule has 0 radical (unpaired) electrons. The van der Waals surface area contributed by atoms with E-state index in [2.05, 4.69) is 67.1 Å². The van der Waals surface area contributed by atoms with Gasteiger partial charge in [-0.3, -0.25) is 0 Å². The van der Waals surface area contributed by atoms with Gasteiger partial charge in [-0.2, -0.15) is 0 Å². The Bertz CT molecular complexity index is 451. The number of nitrogens with one attached hydrogen (secondary N) is 1. The number of hydrogen-bond acceptors (Lipinski definition) is 2. The average molecular weight is 354 g/mol. The van der Waals surface area contributed by atoms with Gasteiger partial charge in [-0.05, 0) is 49.3 Å². The molecule has 1 N–H and O–H groups in total. The first kappa shape index (κ1) is 16.8. The molecule has 1 aliphatic heterocycles. The number of benzene rings is 1. The first-order valence-corrected chi connectivity index (χ1v) is 8.94. The normalized spacial score (nSPS) is 18.8. The third kappa shape index (κ3) is 4.46. The Balaban J connectivity index is 2.10. The predicted octanol–water partition coefficient (Wildman–Crippen LogP) is 5.18. The number of fused-ring (bicyclic) bond motifs is 1.